The molecule has 0 aliphatic carbocycles. The van der Waals surface area contributed by atoms with Gasteiger partial charge in [-0.25, -0.2) is 19.2 Å². The molecule has 0 amide bonds. The largest absolute Gasteiger partial charge is 0.478 e. The topological polar surface area (TPSA) is 127 Å². The van der Waals surface area contributed by atoms with E-state index in [9.17, 15) is 19.2 Å². The minimum Gasteiger partial charge on any atom is -0.478 e. The predicted molar refractivity (Wildman–Crippen MR) is 103 cm³/mol. The van der Waals surface area contributed by atoms with Gasteiger partial charge in [0.1, 0.15) is 0 Å². The number of hydrogen-bond acceptors (Lipinski definition) is 6. The van der Waals surface area contributed by atoms with Crippen molar-refractivity contribution in [2.24, 2.45) is 0 Å². The number of hydrogen-bond donors (Lipinski definition) is 2. The van der Waals surface area contributed by atoms with Gasteiger partial charge in [-0.15, -0.1) is 0 Å². The Morgan fingerprint density at radius 2 is 1.37 bits per heavy atom. The van der Waals surface area contributed by atoms with Crippen molar-refractivity contribution in [3.05, 3.63) is 49.6 Å². The molecule has 0 bridgehead atoms. The second-order valence-electron chi connectivity index (χ2n) is 4.62. The number of aliphatic carboxylic acids is 2. The van der Waals surface area contributed by atoms with Gasteiger partial charge in [0.15, 0.2) is 0 Å². The van der Waals surface area contributed by atoms with Crippen LogP contribution >= 0.6 is 0 Å². The summed E-state index contributed by atoms with van der Waals surface area (Å²) in [5.74, 6) is -2.59. The fourth-order valence-corrected chi connectivity index (χ4v) is 0.550. The molecule has 0 unspecified atom stereocenters. The number of unbranched alkanes of at least 4 members (excludes halogenated alkanes) is 1. The zero-order valence-corrected chi connectivity index (χ0v) is 16.4. The first-order valence-electron chi connectivity index (χ1n) is 7.68. The predicted octanol–water partition coefficient (Wildman–Crippen LogP) is 3.16. The number of carboxylic acids is 2. The van der Waals surface area contributed by atoms with Crippen molar-refractivity contribution >= 4 is 23.9 Å². The van der Waals surface area contributed by atoms with Crippen LogP contribution in [0.4, 0.5) is 0 Å². The summed E-state index contributed by atoms with van der Waals surface area (Å²) in [7, 11) is 1.33. The smallest absolute Gasteiger partial charge is 0.332 e. The Kier molecular flexibility index (Phi) is 26.7. The van der Waals surface area contributed by atoms with Crippen LogP contribution in [0.25, 0.3) is 0 Å². The van der Waals surface area contributed by atoms with Gasteiger partial charge in [0, 0.05) is 23.3 Å². The number of carboxylic acid groups (broad SMARTS) is 2. The molecule has 154 valence electrons. The lowest BCUT2D eigenvalue weighted by atomic mass is 10.4. The summed E-state index contributed by atoms with van der Waals surface area (Å²) in [4.78, 5) is 39.4. The second-order valence-corrected chi connectivity index (χ2v) is 4.62. The van der Waals surface area contributed by atoms with Crippen molar-refractivity contribution in [2.45, 2.75) is 33.6 Å². The lowest BCUT2D eigenvalue weighted by Crippen LogP contribution is -2.00. The third kappa shape index (κ3) is 39.5. The molecule has 0 aliphatic heterocycles. The summed E-state index contributed by atoms with van der Waals surface area (Å²) in [5.41, 5.74) is 0.609. The van der Waals surface area contributed by atoms with Crippen molar-refractivity contribution in [1.29, 1.82) is 0 Å². The van der Waals surface area contributed by atoms with Crippen LogP contribution in [0, 0.1) is 0 Å². The van der Waals surface area contributed by atoms with E-state index in [1.807, 2.05) is 6.92 Å². The molecule has 27 heavy (non-hydrogen) atoms. The Morgan fingerprint density at radius 3 is 1.52 bits per heavy atom. The zero-order chi connectivity index (χ0) is 22.4. The molecule has 0 saturated carbocycles. The fraction of sp³-hybridized carbons (Fsp3) is 0.368. The van der Waals surface area contributed by atoms with Gasteiger partial charge < -0.3 is 19.7 Å². The summed E-state index contributed by atoms with van der Waals surface area (Å²) in [6.45, 7) is 18.3. The van der Waals surface area contributed by atoms with Crippen LogP contribution < -0.4 is 0 Å². The average molecular weight is 386 g/mol. The number of esters is 2. The monoisotopic (exact) mass is 386 g/mol. The molecule has 0 spiro atoms. The quantitative estimate of drug-likeness (QED) is 0.388. The Morgan fingerprint density at radius 1 is 0.963 bits per heavy atom. The van der Waals surface area contributed by atoms with Gasteiger partial charge in [-0.05, 0) is 20.3 Å². The van der Waals surface area contributed by atoms with Gasteiger partial charge in [0.2, 0.25) is 0 Å². The molecule has 8 heteroatoms. The molecule has 0 atom stereocenters. The molecule has 0 aromatic heterocycles. The number of methoxy groups -OCH3 is 1. The van der Waals surface area contributed by atoms with E-state index in [1.165, 1.54) is 20.1 Å². The highest BCUT2D eigenvalue weighted by Gasteiger charge is 1.95. The maximum Gasteiger partial charge on any atom is 0.332 e. The molecule has 8 nitrogen and oxygen atoms in total. The average Bonchev–Trinajstić information content (AvgIpc) is 2.62. The van der Waals surface area contributed by atoms with Crippen LogP contribution in [-0.4, -0.2) is 47.8 Å². The van der Waals surface area contributed by atoms with Crippen LogP contribution in [0.1, 0.15) is 33.6 Å². The molecule has 0 radical (unpaired) electrons. The third-order valence-electron chi connectivity index (χ3n) is 1.98. The highest BCUT2D eigenvalue weighted by Crippen LogP contribution is 1.88. The van der Waals surface area contributed by atoms with E-state index in [2.05, 4.69) is 35.8 Å². The first-order valence-corrected chi connectivity index (χ1v) is 7.68. The normalized spacial score (nSPS) is 7.70. The van der Waals surface area contributed by atoms with Crippen LogP contribution in [0.15, 0.2) is 49.6 Å². The number of rotatable bonds is 7. The van der Waals surface area contributed by atoms with Crippen LogP contribution in [0.5, 0.6) is 0 Å². The lowest BCUT2D eigenvalue weighted by molar-refractivity contribution is -0.138. The van der Waals surface area contributed by atoms with Gasteiger partial charge in [-0.1, -0.05) is 39.7 Å². The van der Waals surface area contributed by atoms with Crippen molar-refractivity contribution in [3.8, 4) is 0 Å². The van der Waals surface area contributed by atoms with Crippen molar-refractivity contribution in [2.75, 3.05) is 13.7 Å². The molecule has 0 heterocycles. The van der Waals surface area contributed by atoms with Gasteiger partial charge in [-0.2, -0.15) is 0 Å². The van der Waals surface area contributed by atoms with E-state index in [1.54, 1.807) is 6.92 Å². The van der Waals surface area contributed by atoms with E-state index in [4.69, 9.17) is 10.2 Å². The Balaban J connectivity index is -0.000000134. The van der Waals surface area contributed by atoms with E-state index in [0.717, 1.165) is 18.9 Å². The summed E-state index contributed by atoms with van der Waals surface area (Å²) >= 11 is 0. The number of ether oxygens (including phenoxy) is 2. The van der Waals surface area contributed by atoms with E-state index >= 15 is 0 Å². The van der Waals surface area contributed by atoms with Crippen molar-refractivity contribution < 1.29 is 38.9 Å². The SMILES string of the molecule is C=C(C)C(=O)O.C=C(C)C(=O)OC.C=CC(=O)O.C=CC(=O)OCCCC. The van der Waals surface area contributed by atoms with Gasteiger partial charge in [0.25, 0.3) is 0 Å². The summed E-state index contributed by atoms with van der Waals surface area (Å²) in [6.07, 6.45) is 3.99. The molecule has 0 fully saturated rings. The fourth-order valence-electron chi connectivity index (χ4n) is 0.550. The maximum absolute atomic E-state index is 10.3. The molecule has 0 aromatic rings. The summed E-state index contributed by atoms with van der Waals surface area (Å²) in [5, 5.41) is 15.5. The van der Waals surface area contributed by atoms with Crippen molar-refractivity contribution in [3.63, 3.8) is 0 Å². The van der Waals surface area contributed by atoms with E-state index < -0.39 is 11.9 Å². The van der Waals surface area contributed by atoms with Crippen LogP contribution in [-0.2, 0) is 28.7 Å². The molecular weight excluding hydrogens is 356 g/mol. The molecule has 0 aromatic carbocycles. The van der Waals surface area contributed by atoms with Crippen molar-refractivity contribution in [1.82, 2.24) is 0 Å². The van der Waals surface area contributed by atoms with Gasteiger partial charge >= 0.3 is 23.9 Å². The van der Waals surface area contributed by atoms with Gasteiger partial charge in [-0.3, -0.25) is 0 Å². The minimum atomic E-state index is -0.981. The number of carbonyl (C=O) groups is 4. The Hall–Kier alpha value is -3.16. The van der Waals surface area contributed by atoms with Gasteiger partial charge in [0.05, 0.1) is 13.7 Å². The minimum absolute atomic E-state index is 0.176. The lowest BCUT2D eigenvalue weighted by Gasteiger charge is -1.97. The zero-order valence-electron chi connectivity index (χ0n) is 16.4. The van der Waals surface area contributed by atoms with Crippen LogP contribution in [0.3, 0.4) is 0 Å². The first kappa shape index (κ1) is 31.6. The molecule has 0 aliphatic rings. The van der Waals surface area contributed by atoms with E-state index in [-0.39, 0.29) is 17.5 Å². The Labute approximate surface area is 160 Å². The standard InChI is InChI=1S/C7H12O2.C5H8O2.C4H6O2.C3H4O2/c1-3-5-6-9-7(8)4-2;1-4(2)5(6)7-3;1-3(2)4(5)6;1-2-3(4)5/h4H,2-3,5-6H2,1H3;1H2,2-3H3;1H2,2H3,(H,5,6);2H,1H2,(H,4,5). The first-order chi connectivity index (χ1) is 12.4. The Bertz CT molecular complexity index is 506. The van der Waals surface area contributed by atoms with E-state index in [0.29, 0.717) is 12.2 Å². The third-order valence-corrected chi connectivity index (χ3v) is 1.98. The van der Waals surface area contributed by atoms with Crippen LogP contribution in [0.2, 0.25) is 0 Å². The molecule has 2 N–H and O–H groups in total. The number of carbonyl (C=O) groups excluding carboxylic acids is 2. The maximum atomic E-state index is 10.3. The highest BCUT2D eigenvalue weighted by molar-refractivity contribution is 5.86. The summed E-state index contributed by atoms with van der Waals surface area (Å²) < 4.78 is 8.95. The molecule has 0 rings (SSSR count). The second kappa shape index (κ2) is 22.8. The highest BCUT2D eigenvalue weighted by atomic mass is 16.5. The summed E-state index contributed by atoms with van der Waals surface area (Å²) in [6, 6.07) is 0. The molecule has 0 saturated heterocycles. The molecular formula is C19H30O8.